The van der Waals surface area contributed by atoms with E-state index in [1.165, 1.54) is 32.1 Å². The number of nitrogens with zero attached hydrogens (tertiary/aromatic N) is 2. The van der Waals surface area contributed by atoms with Gasteiger partial charge in [0.1, 0.15) is 12.4 Å². The Hall–Kier alpha value is -2.40. The summed E-state index contributed by atoms with van der Waals surface area (Å²) in [4.78, 5) is 8.85. The number of aromatic nitrogens is 2. The number of allylic oxidation sites excluding steroid dienone is 1. The van der Waals surface area contributed by atoms with Crippen LogP contribution in [0.4, 0.5) is 0 Å². The molecule has 0 aliphatic carbocycles. The summed E-state index contributed by atoms with van der Waals surface area (Å²) in [6.07, 6.45) is 18.2. The van der Waals surface area contributed by atoms with Gasteiger partial charge in [0.25, 0.3) is 0 Å². The van der Waals surface area contributed by atoms with Gasteiger partial charge in [-0.25, -0.2) is 9.97 Å². The van der Waals surface area contributed by atoms with Crippen molar-refractivity contribution in [2.24, 2.45) is 0 Å². The average Bonchev–Trinajstić information content (AvgIpc) is 2.83. The standard InChI is InChI=1S/C27H40N2O3/c1-3-5-7-8-9-11-20-32-26-22-28-27(29-23-26)24-14-16-25(17-15-24)31-21-13-12-19-30-18-10-6-4-2/h9,11,14-17,22-23H,3-8,10,12-13,18-21H2,1-2H3. The van der Waals surface area contributed by atoms with Crippen molar-refractivity contribution in [1.29, 1.82) is 0 Å². The molecule has 0 saturated carbocycles. The number of ether oxygens (including phenoxy) is 3. The number of rotatable bonds is 18. The summed E-state index contributed by atoms with van der Waals surface area (Å²) in [6.45, 7) is 7.37. The molecule has 5 heteroatoms. The van der Waals surface area contributed by atoms with Gasteiger partial charge >= 0.3 is 0 Å². The number of unbranched alkanes of at least 4 members (excludes halogenated alkanes) is 6. The highest BCUT2D eigenvalue weighted by Crippen LogP contribution is 2.20. The average molecular weight is 441 g/mol. The van der Waals surface area contributed by atoms with E-state index in [-0.39, 0.29) is 0 Å². The molecule has 0 atom stereocenters. The van der Waals surface area contributed by atoms with Crippen LogP contribution in [0.25, 0.3) is 11.4 Å². The summed E-state index contributed by atoms with van der Waals surface area (Å²) in [5.74, 6) is 2.23. The van der Waals surface area contributed by atoms with E-state index >= 15 is 0 Å². The van der Waals surface area contributed by atoms with Gasteiger partial charge in [0.15, 0.2) is 11.6 Å². The fraction of sp³-hybridized carbons (Fsp3) is 0.556. The van der Waals surface area contributed by atoms with Gasteiger partial charge in [0.05, 0.1) is 19.0 Å². The first-order chi connectivity index (χ1) is 15.8. The zero-order chi connectivity index (χ0) is 22.7. The molecule has 5 nitrogen and oxygen atoms in total. The SMILES string of the molecule is CCCCCC=CCOc1cnc(-c2ccc(OCCCCOCCCCC)cc2)nc1. The van der Waals surface area contributed by atoms with Crippen molar-refractivity contribution >= 4 is 0 Å². The Balaban J connectivity index is 1.63. The quantitative estimate of drug-likeness (QED) is 0.184. The predicted molar refractivity (Wildman–Crippen MR) is 131 cm³/mol. The topological polar surface area (TPSA) is 53.5 Å². The van der Waals surface area contributed by atoms with Crippen molar-refractivity contribution in [2.75, 3.05) is 26.4 Å². The summed E-state index contributed by atoms with van der Waals surface area (Å²) in [6, 6.07) is 7.91. The van der Waals surface area contributed by atoms with Crippen molar-refractivity contribution in [1.82, 2.24) is 9.97 Å². The lowest BCUT2D eigenvalue weighted by molar-refractivity contribution is 0.123. The highest BCUT2D eigenvalue weighted by Gasteiger charge is 2.03. The highest BCUT2D eigenvalue weighted by atomic mass is 16.5. The zero-order valence-corrected chi connectivity index (χ0v) is 19.9. The Labute approximate surface area is 194 Å². The molecule has 2 aromatic rings. The lowest BCUT2D eigenvalue weighted by Crippen LogP contribution is -2.02. The lowest BCUT2D eigenvalue weighted by Gasteiger charge is -2.08. The largest absolute Gasteiger partial charge is 0.494 e. The maximum atomic E-state index is 5.82. The zero-order valence-electron chi connectivity index (χ0n) is 19.9. The molecule has 0 fully saturated rings. The Kier molecular flexibility index (Phi) is 13.9. The van der Waals surface area contributed by atoms with E-state index in [0.29, 0.717) is 24.8 Å². The molecule has 1 aromatic carbocycles. The van der Waals surface area contributed by atoms with Gasteiger partial charge in [-0.1, -0.05) is 51.7 Å². The van der Waals surface area contributed by atoms with E-state index < -0.39 is 0 Å². The van der Waals surface area contributed by atoms with E-state index in [0.717, 1.165) is 50.2 Å². The maximum absolute atomic E-state index is 5.82. The van der Waals surface area contributed by atoms with Gasteiger partial charge in [0, 0.05) is 18.8 Å². The molecule has 0 aliphatic heterocycles. The van der Waals surface area contributed by atoms with Crippen LogP contribution in [0.15, 0.2) is 48.8 Å². The first-order valence-electron chi connectivity index (χ1n) is 12.2. The summed E-state index contributed by atoms with van der Waals surface area (Å²) in [5, 5.41) is 0. The van der Waals surface area contributed by atoms with Crippen molar-refractivity contribution in [3.63, 3.8) is 0 Å². The Morgan fingerprint density at radius 1 is 0.688 bits per heavy atom. The first kappa shape index (κ1) is 25.9. The number of hydrogen-bond acceptors (Lipinski definition) is 5. The van der Waals surface area contributed by atoms with Crippen LogP contribution in [0.3, 0.4) is 0 Å². The van der Waals surface area contributed by atoms with Gasteiger partial charge in [-0.15, -0.1) is 0 Å². The minimum Gasteiger partial charge on any atom is -0.494 e. The van der Waals surface area contributed by atoms with E-state index in [2.05, 4.69) is 36.0 Å². The minimum atomic E-state index is 0.547. The van der Waals surface area contributed by atoms with Gasteiger partial charge in [-0.2, -0.15) is 0 Å². The van der Waals surface area contributed by atoms with Gasteiger partial charge in [0.2, 0.25) is 0 Å². The third-order valence-corrected chi connectivity index (χ3v) is 5.07. The minimum absolute atomic E-state index is 0.547. The van der Waals surface area contributed by atoms with E-state index in [1.807, 2.05) is 24.3 Å². The molecule has 0 saturated heterocycles. The number of hydrogen-bond donors (Lipinski definition) is 0. The highest BCUT2D eigenvalue weighted by molar-refractivity contribution is 5.56. The Morgan fingerprint density at radius 3 is 2.06 bits per heavy atom. The summed E-state index contributed by atoms with van der Waals surface area (Å²) < 4.78 is 17.1. The molecule has 0 unspecified atom stereocenters. The molecule has 0 N–H and O–H groups in total. The number of benzene rings is 1. The Morgan fingerprint density at radius 2 is 1.34 bits per heavy atom. The van der Waals surface area contributed by atoms with Crippen molar-refractivity contribution < 1.29 is 14.2 Å². The second kappa shape index (κ2) is 17.2. The Bertz CT molecular complexity index is 730. The van der Waals surface area contributed by atoms with Crippen LogP contribution < -0.4 is 9.47 Å². The van der Waals surface area contributed by atoms with Gasteiger partial charge in [-0.3, -0.25) is 0 Å². The molecule has 0 aliphatic rings. The molecular formula is C27H40N2O3. The smallest absolute Gasteiger partial charge is 0.159 e. The van der Waals surface area contributed by atoms with Crippen LogP contribution in [0.1, 0.15) is 71.6 Å². The van der Waals surface area contributed by atoms with Crippen LogP contribution in [0, 0.1) is 0 Å². The van der Waals surface area contributed by atoms with Gasteiger partial charge < -0.3 is 14.2 Å². The summed E-state index contributed by atoms with van der Waals surface area (Å²) in [7, 11) is 0. The molecule has 0 radical (unpaired) electrons. The van der Waals surface area contributed by atoms with Gasteiger partial charge in [-0.05, 0) is 56.4 Å². The van der Waals surface area contributed by atoms with Crippen LogP contribution in [0.2, 0.25) is 0 Å². The van der Waals surface area contributed by atoms with E-state index in [9.17, 15) is 0 Å². The van der Waals surface area contributed by atoms with Crippen LogP contribution in [-0.2, 0) is 4.74 Å². The molecule has 0 amide bonds. The van der Waals surface area contributed by atoms with E-state index in [4.69, 9.17) is 14.2 Å². The van der Waals surface area contributed by atoms with Crippen LogP contribution in [0.5, 0.6) is 11.5 Å². The van der Waals surface area contributed by atoms with Crippen molar-refractivity contribution in [3.05, 3.63) is 48.8 Å². The fourth-order valence-corrected chi connectivity index (χ4v) is 3.13. The first-order valence-corrected chi connectivity index (χ1v) is 12.2. The third-order valence-electron chi connectivity index (χ3n) is 5.07. The summed E-state index contributed by atoms with van der Waals surface area (Å²) >= 11 is 0. The molecule has 176 valence electrons. The second-order valence-corrected chi connectivity index (χ2v) is 7.92. The maximum Gasteiger partial charge on any atom is 0.159 e. The fourth-order valence-electron chi connectivity index (χ4n) is 3.13. The van der Waals surface area contributed by atoms with Crippen LogP contribution >= 0.6 is 0 Å². The molecule has 2 rings (SSSR count). The third kappa shape index (κ3) is 11.3. The lowest BCUT2D eigenvalue weighted by atomic mass is 10.2. The molecule has 32 heavy (non-hydrogen) atoms. The van der Waals surface area contributed by atoms with Crippen molar-refractivity contribution in [2.45, 2.75) is 71.6 Å². The second-order valence-electron chi connectivity index (χ2n) is 7.92. The monoisotopic (exact) mass is 440 g/mol. The van der Waals surface area contributed by atoms with Crippen molar-refractivity contribution in [3.8, 4) is 22.9 Å². The molecule has 1 heterocycles. The summed E-state index contributed by atoms with van der Waals surface area (Å²) in [5.41, 5.74) is 0.959. The molecular weight excluding hydrogens is 400 g/mol. The molecule has 1 aromatic heterocycles. The van der Waals surface area contributed by atoms with Crippen LogP contribution in [-0.4, -0.2) is 36.4 Å². The predicted octanol–water partition coefficient (Wildman–Crippen LogP) is 7.02. The molecule has 0 bridgehead atoms. The van der Waals surface area contributed by atoms with E-state index in [1.54, 1.807) is 12.4 Å². The normalized spacial score (nSPS) is 11.2. The molecule has 0 spiro atoms.